The molecule has 0 bridgehead atoms. The molecular formula is C17H21NO3. The van der Waals surface area contributed by atoms with E-state index in [0.29, 0.717) is 12.2 Å². The van der Waals surface area contributed by atoms with Gasteiger partial charge in [0.2, 0.25) is 0 Å². The smallest absolute Gasteiger partial charge is 0.164 e. The molecule has 1 atom stereocenters. The van der Waals surface area contributed by atoms with E-state index < -0.39 is 6.10 Å². The van der Waals surface area contributed by atoms with Gasteiger partial charge in [-0.2, -0.15) is 0 Å². The Morgan fingerprint density at radius 3 is 2.38 bits per heavy atom. The van der Waals surface area contributed by atoms with Crippen LogP contribution in [0.2, 0.25) is 0 Å². The van der Waals surface area contributed by atoms with E-state index in [1.165, 1.54) is 0 Å². The Balaban J connectivity index is 2.39. The Kier molecular flexibility index (Phi) is 5.20. The molecule has 0 saturated carbocycles. The molecule has 21 heavy (non-hydrogen) atoms. The summed E-state index contributed by atoms with van der Waals surface area (Å²) in [6.45, 7) is 0.201. The average Bonchev–Trinajstić information content (AvgIpc) is 2.54. The fraction of sp³-hybridized carbons (Fsp3) is 0.294. The molecule has 112 valence electrons. The van der Waals surface area contributed by atoms with Gasteiger partial charge in [-0.3, -0.25) is 0 Å². The van der Waals surface area contributed by atoms with Crippen molar-refractivity contribution in [1.82, 2.24) is 0 Å². The number of benzene rings is 2. The van der Waals surface area contributed by atoms with Crippen LogP contribution in [-0.4, -0.2) is 25.9 Å². The van der Waals surface area contributed by atoms with Crippen LogP contribution in [0.15, 0.2) is 42.5 Å². The third-order valence-electron chi connectivity index (χ3n) is 3.50. The van der Waals surface area contributed by atoms with Gasteiger partial charge in [-0.1, -0.05) is 36.4 Å². The zero-order valence-corrected chi connectivity index (χ0v) is 12.4. The third kappa shape index (κ3) is 3.35. The van der Waals surface area contributed by atoms with Crippen LogP contribution in [0, 0.1) is 0 Å². The van der Waals surface area contributed by atoms with Crippen molar-refractivity contribution in [2.45, 2.75) is 12.5 Å². The number of rotatable bonds is 6. The number of ether oxygens (including phenoxy) is 2. The minimum absolute atomic E-state index is 0.201. The molecule has 4 heteroatoms. The highest BCUT2D eigenvalue weighted by molar-refractivity contribution is 5.49. The van der Waals surface area contributed by atoms with E-state index in [4.69, 9.17) is 15.2 Å². The summed E-state index contributed by atoms with van der Waals surface area (Å²) in [5, 5.41) is 10.0. The second kappa shape index (κ2) is 7.11. The summed E-state index contributed by atoms with van der Waals surface area (Å²) in [6.07, 6.45) is -0.00838. The predicted molar refractivity (Wildman–Crippen MR) is 82.8 cm³/mol. The second-order valence-corrected chi connectivity index (χ2v) is 4.78. The van der Waals surface area contributed by atoms with Crippen LogP contribution in [-0.2, 0) is 6.42 Å². The van der Waals surface area contributed by atoms with Crippen LogP contribution in [0.1, 0.15) is 22.8 Å². The van der Waals surface area contributed by atoms with Crippen molar-refractivity contribution in [2.75, 3.05) is 20.8 Å². The van der Waals surface area contributed by atoms with Gasteiger partial charge in [-0.05, 0) is 17.2 Å². The van der Waals surface area contributed by atoms with Gasteiger partial charge < -0.3 is 20.3 Å². The molecule has 2 rings (SSSR count). The summed E-state index contributed by atoms with van der Waals surface area (Å²) < 4.78 is 10.8. The fourth-order valence-corrected chi connectivity index (χ4v) is 2.45. The molecule has 2 aromatic carbocycles. The molecular weight excluding hydrogens is 266 g/mol. The first-order valence-corrected chi connectivity index (χ1v) is 6.87. The Morgan fingerprint density at radius 1 is 1.00 bits per heavy atom. The zero-order chi connectivity index (χ0) is 15.2. The summed E-state index contributed by atoms with van der Waals surface area (Å²) in [5.41, 5.74) is 8.46. The summed E-state index contributed by atoms with van der Waals surface area (Å²) in [6, 6.07) is 13.5. The Hall–Kier alpha value is -2.04. The maximum absolute atomic E-state index is 10.0. The van der Waals surface area contributed by atoms with Crippen LogP contribution in [0.4, 0.5) is 0 Å². The molecule has 0 aliphatic carbocycles. The van der Waals surface area contributed by atoms with Crippen LogP contribution < -0.4 is 15.2 Å². The molecule has 0 amide bonds. The summed E-state index contributed by atoms with van der Waals surface area (Å²) in [7, 11) is 3.25. The Bertz CT molecular complexity index is 598. The minimum Gasteiger partial charge on any atom is -0.493 e. The standard InChI is InChI=1S/C17H21NO3/c1-20-16-9-5-7-13(17(16)21-2)10-12-6-3-4-8-14(12)15(19)11-18/h3-9,15,19H,10-11,18H2,1-2H3/t15-/m0/s1. The van der Waals surface area contributed by atoms with E-state index in [2.05, 4.69) is 0 Å². The SMILES string of the molecule is COc1cccc(Cc2ccccc2[C@@H](O)CN)c1OC. The van der Waals surface area contributed by atoms with Crippen molar-refractivity contribution in [3.63, 3.8) is 0 Å². The molecule has 3 N–H and O–H groups in total. The quantitative estimate of drug-likeness (QED) is 0.855. The van der Waals surface area contributed by atoms with Crippen LogP contribution in [0.5, 0.6) is 11.5 Å². The largest absolute Gasteiger partial charge is 0.493 e. The zero-order valence-electron chi connectivity index (χ0n) is 12.4. The van der Waals surface area contributed by atoms with Crippen molar-refractivity contribution in [3.8, 4) is 11.5 Å². The number of methoxy groups -OCH3 is 2. The minimum atomic E-state index is -0.655. The molecule has 0 fully saturated rings. The van der Waals surface area contributed by atoms with Crippen molar-refractivity contribution in [2.24, 2.45) is 5.73 Å². The average molecular weight is 287 g/mol. The Labute approximate surface area is 125 Å². The molecule has 2 aromatic rings. The van der Waals surface area contributed by atoms with Crippen LogP contribution in [0.25, 0.3) is 0 Å². The normalized spacial score (nSPS) is 12.0. The number of nitrogens with two attached hydrogens (primary N) is 1. The van der Waals surface area contributed by atoms with Crippen LogP contribution >= 0.6 is 0 Å². The maximum atomic E-state index is 10.0. The molecule has 0 unspecified atom stereocenters. The van der Waals surface area contributed by atoms with Crippen molar-refractivity contribution in [3.05, 3.63) is 59.2 Å². The van der Waals surface area contributed by atoms with Gasteiger partial charge in [-0.15, -0.1) is 0 Å². The van der Waals surface area contributed by atoms with Gasteiger partial charge in [-0.25, -0.2) is 0 Å². The lowest BCUT2D eigenvalue weighted by atomic mass is 9.96. The van der Waals surface area contributed by atoms with E-state index in [0.717, 1.165) is 22.4 Å². The molecule has 0 aliphatic heterocycles. The van der Waals surface area contributed by atoms with Gasteiger partial charge in [0.15, 0.2) is 11.5 Å². The van der Waals surface area contributed by atoms with Gasteiger partial charge in [0, 0.05) is 18.5 Å². The van der Waals surface area contributed by atoms with Crippen molar-refractivity contribution < 1.29 is 14.6 Å². The number of aliphatic hydroxyl groups excluding tert-OH is 1. The number of aliphatic hydroxyl groups is 1. The summed E-state index contributed by atoms with van der Waals surface area (Å²) >= 11 is 0. The first-order valence-electron chi connectivity index (χ1n) is 6.87. The summed E-state index contributed by atoms with van der Waals surface area (Å²) in [5.74, 6) is 1.42. The topological polar surface area (TPSA) is 64.7 Å². The molecule has 4 nitrogen and oxygen atoms in total. The highest BCUT2D eigenvalue weighted by atomic mass is 16.5. The number of hydrogen-bond acceptors (Lipinski definition) is 4. The van der Waals surface area contributed by atoms with Crippen LogP contribution in [0.3, 0.4) is 0 Å². The van der Waals surface area contributed by atoms with E-state index in [1.807, 2.05) is 42.5 Å². The van der Waals surface area contributed by atoms with E-state index in [-0.39, 0.29) is 6.54 Å². The number of hydrogen-bond donors (Lipinski definition) is 2. The van der Waals surface area contributed by atoms with Gasteiger partial charge >= 0.3 is 0 Å². The fourth-order valence-electron chi connectivity index (χ4n) is 2.45. The second-order valence-electron chi connectivity index (χ2n) is 4.78. The molecule has 0 aliphatic rings. The first kappa shape index (κ1) is 15.4. The van der Waals surface area contributed by atoms with E-state index >= 15 is 0 Å². The van der Waals surface area contributed by atoms with Crippen molar-refractivity contribution >= 4 is 0 Å². The lowest BCUT2D eigenvalue weighted by Crippen LogP contribution is -2.13. The first-order chi connectivity index (χ1) is 10.2. The molecule has 0 heterocycles. The monoisotopic (exact) mass is 287 g/mol. The lowest BCUT2D eigenvalue weighted by molar-refractivity contribution is 0.186. The highest BCUT2D eigenvalue weighted by Crippen LogP contribution is 2.33. The number of para-hydroxylation sites is 1. The maximum Gasteiger partial charge on any atom is 0.164 e. The Morgan fingerprint density at radius 2 is 1.71 bits per heavy atom. The van der Waals surface area contributed by atoms with Crippen molar-refractivity contribution in [1.29, 1.82) is 0 Å². The van der Waals surface area contributed by atoms with Gasteiger partial charge in [0.25, 0.3) is 0 Å². The van der Waals surface area contributed by atoms with E-state index in [1.54, 1.807) is 14.2 Å². The molecule has 0 radical (unpaired) electrons. The molecule has 0 saturated heterocycles. The summed E-state index contributed by atoms with van der Waals surface area (Å²) in [4.78, 5) is 0. The third-order valence-corrected chi connectivity index (χ3v) is 3.50. The highest BCUT2D eigenvalue weighted by Gasteiger charge is 2.14. The van der Waals surface area contributed by atoms with Gasteiger partial charge in [0.1, 0.15) is 0 Å². The van der Waals surface area contributed by atoms with E-state index in [9.17, 15) is 5.11 Å². The lowest BCUT2D eigenvalue weighted by Gasteiger charge is -2.16. The molecule has 0 spiro atoms. The predicted octanol–water partition coefficient (Wildman–Crippen LogP) is 2.29. The molecule has 0 aromatic heterocycles. The van der Waals surface area contributed by atoms with Gasteiger partial charge in [0.05, 0.1) is 20.3 Å².